The van der Waals surface area contributed by atoms with Crippen molar-refractivity contribution in [2.45, 2.75) is 44.1 Å². The number of aliphatic hydroxyl groups excluding tert-OH is 1. The third kappa shape index (κ3) is 2.83. The summed E-state index contributed by atoms with van der Waals surface area (Å²) >= 11 is 0. The summed E-state index contributed by atoms with van der Waals surface area (Å²) in [6, 6.07) is 9.05. The number of nitrogens with two attached hydrogens (primary N) is 1. The van der Waals surface area contributed by atoms with Crippen LogP contribution in [0.5, 0.6) is 0 Å². The van der Waals surface area contributed by atoms with Gasteiger partial charge in [-0.3, -0.25) is 0 Å². The van der Waals surface area contributed by atoms with Crippen molar-refractivity contribution in [2.75, 3.05) is 6.61 Å². The Morgan fingerprint density at radius 3 is 2.56 bits per heavy atom. The number of rotatable bonds is 3. The molecule has 0 bridgehead atoms. The minimum absolute atomic E-state index is 0.230. The average molecular weight is 219 g/mol. The van der Waals surface area contributed by atoms with Crippen molar-refractivity contribution >= 4 is 0 Å². The summed E-state index contributed by atoms with van der Waals surface area (Å²) in [6.07, 6.45) is 5.58. The fourth-order valence-corrected chi connectivity index (χ4v) is 2.62. The van der Waals surface area contributed by atoms with Crippen molar-refractivity contribution in [3.05, 3.63) is 35.4 Å². The summed E-state index contributed by atoms with van der Waals surface area (Å²) in [5, 5.41) is 8.86. The zero-order valence-corrected chi connectivity index (χ0v) is 9.73. The van der Waals surface area contributed by atoms with Crippen molar-refractivity contribution in [1.29, 1.82) is 0 Å². The van der Waals surface area contributed by atoms with Gasteiger partial charge in [-0.1, -0.05) is 30.7 Å². The molecule has 0 amide bonds. The maximum Gasteiger partial charge on any atom is 0.0471 e. The molecule has 1 fully saturated rings. The van der Waals surface area contributed by atoms with Crippen LogP contribution in [0.25, 0.3) is 0 Å². The van der Waals surface area contributed by atoms with E-state index in [0.717, 1.165) is 12.8 Å². The van der Waals surface area contributed by atoms with Crippen LogP contribution >= 0.6 is 0 Å². The molecule has 3 N–H and O–H groups in total. The molecule has 0 aliphatic heterocycles. The summed E-state index contributed by atoms with van der Waals surface area (Å²) in [5.41, 5.74) is 8.63. The lowest BCUT2D eigenvalue weighted by atomic mass is 9.81. The van der Waals surface area contributed by atoms with E-state index in [4.69, 9.17) is 10.8 Å². The van der Waals surface area contributed by atoms with Crippen LogP contribution in [0.3, 0.4) is 0 Å². The van der Waals surface area contributed by atoms with Gasteiger partial charge in [-0.15, -0.1) is 0 Å². The molecule has 0 heterocycles. The van der Waals surface area contributed by atoms with E-state index in [1.165, 1.54) is 30.4 Å². The van der Waals surface area contributed by atoms with Crippen LogP contribution in [0.15, 0.2) is 24.3 Å². The summed E-state index contributed by atoms with van der Waals surface area (Å²) in [7, 11) is 0. The molecule has 1 aliphatic rings. The zero-order chi connectivity index (χ0) is 11.4. The monoisotopic (exact) mass is 219 g/mol. The summed E-state index contributed by atoms with van der Waals surface area (Å²) in [4.78, 5) is 0. The highest BCUT2D eigenvalue weighted by Gasteiger charge is 2.20. The van der Waals surface area contributed by atoms with Crippen molar-refractivity contribution in [2.24, 2.45) is 5.73 Å². The minimum atomic E-state index is 0.230. The lowest BCUT2D eigenvalue weighted by Gasteiger charge is -2.27. The Morgan fingerprint density at radius 1 is 1.19 bits per heavy atom. The Balaban J connectivity index is 2.03. The van der Waals surface area contributed by atoms with E-state index in [-0.39, 0.29) is 6.61 Å². The fraction of sp³-hybridized carbons (Fsp3) is 0.571. The molecule has 0 saturated heterocycles. The molecule has 1 aromatic carbocycles. The van der Waals surface area contributed by atoms with Crippen LogP contribution < -0.4 is 5.73 Å². The molecule has 88 valence electrons. The van der Waals surface area contributed by atoms with Crippen LogP contribution in [-0.4, -0.2) is 17.8 Å². The summed E-state index contributed by atoms with van der Waals surface area (Å²) in [5.74, 6) is 0.645. The molecule has 2 nitrogen and oxygen atoms in total. The predicted molar refractivity (Wildman–Crippen MR) is 66.4 cm³/mol. The summed E-state index contributed by atoms with van der Waals surface area (Å²) < 4.78 is 0. The molecular weight excluding hydrogens is 198 g/mol. The highest BCUT2D eigenvalue weighted by molar-refractivity contribution is 5.26. The molecule has 0 radical (unpaired) electrons. The predicted octanol–water partition coefficient (Wildman–Crippen LogP) is 2.21. The Bertz CT molecular complexity index is 320. The van der Waals surface area contributed by atoms with Crippen LogP contribution in [0.4, 0.5) is 0 Å². The van der Waals surface area contributed by atoms with Crippen molar-refractivity contribution in [3.8, 4) is 0 Å². The van der Waals surface area contributed by atoms with Crippen LogP contribution in [-0.2, 0) is 6.42 Å². The van der Waals surface area contributed by atoms with Gasteiger partial charge in [-0.05, 0) is 42.7 Å². The highest BCUT2D eigenvalue weighted by atomic mass is 16.2. The molecule has 0 aromatic heterocycles. The van der Waals surface area contributed by atoms with Gasteiger partial charge >= 0.3 is 0 Å². The fourth-order valence-electron chi connectivity index (χ4n) is 2.62. The van der Waals surface area contributed by atoms with Crippen LogP contribution in [0, 0.1) is 0 Å². The van der Waals surface area contributed by atoms with Crippen molar-refractivity contribution < 1.29 is 5.11 Å². The molecule has 16 heavy (non-hydrogen) atoms. The normalized spacial score (nSPS) is 25.6. The van der Waals surface area contributed by atoms with Crippen LogP contribution in [0.2, 0.25) is 0 Å². The third-order valence-corrected chi connectivity index (χ3v) is 3.57. The molecule has 2 rings (SSSR count). The van der Waals surface area contributed by atoms with Gasteiger partial charge in [0.15, 0.2) is 0 Å². The number of aliphatic hydroxyl groups is 1. The Hall–Kier alpha value is -0.860. The molecule has 0 unspecified atom stereocenters. The molecule has 1 aromatic rings. The van der Waals surface area contributed by atoms with Gasteiger partial charge < -0.3 is 10.8 Å². The molecule has 2 heteroatoms. The first kappa shape index (κ1) is 11.6. The van der Waals surface area contributed by atoms with E-state index in [2.05, 4.69) is 24.3 Å². The SMILES string of the molecule is N[C@H]1CCC[C@@H](c2ccc(CCO)cc2)C1. The van der Waals surface area contributed by atoms with Crippen molar-refractivity contribution in [1.82, 2.24) is 0 Å². The molecule has 1 saturated carbocycles. The zero-order valence-electron chi connectivity index (χ0n) is 9.73. The molecule has 1 aliphatic carbocycles. The van der Waals surface area contributed by atoms with Crippen LogP contribution in [0.1, 0.15) is 42.7 Å². The number of hydrogen-bond donors (Lipinski definition) is 2. The third-order valence-electron chi connectivity index (χ3n) is 3.57. The average Bonchev–Trinajstić information content (AvgIpc) is 2.30. The quantitative estimate of drug-likeness (QED) is 0.818. The lowest BCUT2D eigenvalue weighted by Crippen LogP contribution is -2.26. The van der Waals surface area contributed by atoms with E-state index in [1.807, 2.05) is 0 Å². The van der Waals surface area contributed by atoms with Gasteiger partial charge in [0.25, 0.3) is 0 Å². The highest BCUT2D eigenvalue weighted by Crippen LogP contribution is 2.32. The van der Waals surface area contributed by atoms with Gasteiger partial charge in [0.2, 0.25) is 0 Å². The Kier molecular flexibility index (Phi) is 3.97. The number of hydrogen-bond acceptors (Lipinski definition) is 2. The van der Waals surface area contributed by atoms with E-state index < -0.39 is 0 Å². The first-order chi connectivity index (χ1) is 7.79. The summed E-state index contributed by atoms with van der Waals surface area (Å²) in [6.45, 7) is 0.230. The standard InChI is InChI=1S/C14H21NO/c15-14-3-1-2-13(10-14)12-6-4-11(5-7-12)8-9-16/h4-7,13-14,16H,1-3,8-10,15H2/t13-,14+/m1/s1. The Labute approximate surface area is 97.5 Å². The second kappa shape index (κ2) is 5.46. The molecular formula is C14H21NO. The van der Waals surface area contributed by atoms with E-state index in [1.54, 1.807) is 0 Å². The second-order valence-electron chi connectivity index (χ2n) is 4.84. The van der Waals surface area contributed by atoms with Gasteiger partial charge in [-0.2, -0.15) is 0 Å². The molecule has 0 spiro atoms. The smallest absolute Gasteiger partial charge is 0.0471 e. The maximum absolute atomic E-state index is 8.86. The second-order valence-corrected chi connectivity index (χ2v) is 4.84. The maximum atomic E-state index is 8.86. The van der Waals surface area contributed by atoms with Gasteiger partial charge in [0.05, 0.1) is 0 Å². The molecule has 2 atom stereocenters. The van der Waals surface area contributed by atoms with E-state index >= 15 is 0 Å². The topological polar surface area (TPSA) is 46.2 Å². The minimum Gasteiger partial charge on any atom is -0.396 e. The first-order valence-electron chi connectivity index (χ1n) is 6.25. The number of benzene rings is 1. The van der Waals surface area contributed by atoms with E-state index in [0.29, 0.717) is 12.0 Å². The van der Waals surface area contributed by atoms with Gasteiger partial charge in [0, 0.05) is 12.6 Å². The Morgan fingerprint density at radius 2 is 1.94 bits per heavy atom. The van der Waals surface area contributed by atoms with E-state index in [9.17, 15) is 0 Å². The van der Waals surface area contributed by atoms with Crippen molar-refractivity contribution in [3.63, 3.8) is 0 Å². The van der Waals surface area contributed by atoms with Gasteiger partial charge in [0.1, 0.15) is 0 Å². The largest absolute Gasteiger partial charge is 0.396 e. The lowest BCUT2D eigenvalue weighted by molar-refractivity contribution is 0.299. The van der Waals surface area contributed by atoms with Gasteiger partial charge in [-0.25, -0.2) is 0 Å². The first-order valence-corrected chi connectivity index (χ1v) is 6.25.